The van der Waals surface area contributed by atoms with Gasteiger partial charge in [-0.3, -0.25) is 0 Å². The molecule has 0 aromatic carbocycles. The van der Waals surface area contributed by atoms with Crippen molar-refractivity contribution < 1.29 is 26.8 Å². The number of halogens is 1. The molecule has 0 radical (unpaired) electrons. The zero-order valence-electron chi connectivity index (χ0n) is 9.91. The molecule has 0 aromatic heterocycles. The molecule has 7 heteroatoms. The molecule has 1 heterocycles. The van der Waals surface area contributed by atoms with Crippen LogP contribution in [-0.2, 0) is 22.0 Å². The summed E-state index contributed by atoms with van der Waals surface area (Å²) in [7, 11) is 1.64. The second-order valence-electron chi connectivity index (χ2n) is 4.14. The maximum absolute atomic E-state index is 11.1. The smallest absolute Gasteiger partial charge is 0.426 e. The number of methoxy groups -OCH3 is 1. The number of hydrogen-bond donors (Lipinski definition) is 0. The molecule has 2 aliphatic rings. The van der Waals surface area contributed by atoms with Gasteiger partial charge < -0.3 is 22.0 Å². The minimum absolute atomic E-state index is 0.0263. The Morgan fingerprint density at radius 3 is 2.44 bits per heavy atom. The summed E-state index contributed by atoms with van der Waals surface area (Å²) in [6.07, 6.45) is 3.70. The van der Waals surface area contributed by atoms with Gasteiger partial charge in [0.15, 0.2) is 23.0 Å². The van der Waals surface area contributed by atoms with Crippen LogP contribution in [0.25, 0.3) is 0 Å². The van der Waals surface area contributed by atoms with Gasteiger partial charge in [-0.25, -0.2) is 4.79 Å². The lowest BCUT2D eigenvalue weighted by Gasteiger charge is -2.25. The summed E-state index contributed by atoms with van der Waals surface area (Å²) < 4.78 is 25.9. The Hall–Kier alpha value is -0.380. The van der Waals surface area contributed by atoms with Crippen molar-refractivity contribution in [3.8, 4) is 0 Å². The summed E-state index contributed by atoms with van der Waals surface area (Å²) in [5.74, 6) is 0. The quantitative estimate of drug-likeness (QED) is 0.421. The Morgan fingerprint density at radius 1 is 1.22 bits per heavy atom. The van der Waals surface area contributed by atoms with Gasteiger partial charge in [-0.15, -0.1) is 0 Å². The fourth-order valence-corrected chi connectivity index (χ4v) is 2.24. The van der Waals surface area contributed by atoms with Gasteiger partial charge >= 0.3 is 6.16 Å². The number of ether oxygens (including phenoxy) is 4. The van der Waals surface area contributed by atoms with Gasteiger partial charge in [0.1, 0.15) is 12.9 Å². The number of rotatable bonds is 2. The molecule has 2 rings (SSSR count). The summed E-state index contributed by atoms with van der Waals surface area (Å²) in [4.78, 5) is 11.1. The summed E-state index contributed by atoms with van der Waals surface area (Å²) in [5.41, 5.74) is 0. The van der Waals surface area contributed by atoms with Crippen molar-refractivity contribution in [2.75, 3.05) is 13.9 Å². The lowest BCUT2D eigenvalue weighted by Crippen LogP contribution is -2.34. The van der Waals surface area contributed by atoms with Crippen LogP contribution in [0.5, 0.6) is 0 Å². The van der Waals surface area contributed by atoms with Crippen LogP contribution in [-0.4, -0.2) is 44.5 Å². The highest BCUT2D eigenvalue weighted by atomic mass is 127. The third-order valence-electron chi connectivity index (χ3n) is 3.06. The molecule has 1 aliphatic carbocycles. The van der Waals surface area contributed by atoms with Gasteiger partial charge in [0, 0.05) is 20.0 Å². The van der Waals surface area contributed by atoms with Crippen LogP contribution >= 0.6 is 23.0 Å². The molecule has 0 bridgehead atoms. The molecular formula is C11H15IO6. The first-order valence-corrected chi connectivity index (χ1v) is 6.54. The average molecular weight is 370 g/mol. The lowest BCUT2D eigenvalue weighted by molar-refractivity contribution is 0.0243. The molecule has 1 aliphatic heterocycles. The maximum Gasteiger partial charge on any atom is 0.518 e. The fourth-order valence-electron chi connectivity index (χ4n) is 2.14. The monoisotopic (exact) mass is 370 g/mol. The molecule has 18 heavy (non-hydrogen) atoms. The molecular weight excluding hydrogens is 355 g/mol. The van der Waals surface area contributed by atoms with Crippen molar-refractivity contribution in [1.82, 2.24) is 0 Å². The van der Waals surface area contributed by atoms with Gasteiger partial charge in [-0.2, -0.15) is 0 Å². The Morgan fingerprint density at radius 2 is 1.83 bits per heavy atom. The third-order valence-corrected chi connectivity index (χ3v) is 3.42. The number of fused-ring (bicyclic) bond motifs is 1. The van der Waals surface area contributed by atoms with E-state index in [1.54, 1.807) is 13.2 Å². The predicted molar refractivity (Wildman–Crippen MR) is 69.2 cm³/mol. The fraction of sp³-hybridized carbons (Fsp3) is 0.727. The molecule has 0 saturated carbocycles. The molecule has 1 saturated heterocycles. The van der Waals surface area contributed by atoms with Crippen LogP contribution in [0.2, 0.25) is 0 Å². The first-order chi connectivity index (χ1) is 8.72. The molecule has 102 valence electrons. The molecule has 4 unspecified atom stereocenters. The van der Waals surface area contributed by atoms with Crippen LogP contribution in [0, 0.1) is 0 Å². The van der Waals surface area contributed by atoms with Crippen molar-refractivity contribution in [3.05, 3.63) is 12.2 Å². The number of carbonyl (C=O) groups excluding carboxylic acids is 1. The highest BCUT2D eigenvalue weighted by Gasteiger charge is 2.35. The molecule has 0 spiro atoms. The van der Waals surface area contributed by atoms with E-state index in [9.17, 15) is 4.79 Å². The van der Waals surface area contributed by atoms with E-state index in [4.69, 9.17) is 18.9 Å². The third kappa shape index (κ3) is 3.56. The van der Waals surface area contributed by atoms with Crippen LogP contribution in [0.3, 0.4) is 0 Å². The molecule has 6 nitrogen and oxygen atoms in total. The summed E-state index contributed by atoms with van der Waals surface area (Å²) in [6.45, 7) is 0.273. The van der Waals surface area contributed by atoms with E-state index in [1.165, 1.54) is 23.0 Å². The van der Waals surface area contributed by atoms with Gasteiger partial charge in [-0.05, 0) is 6.08 Å². The van der Waals surface area contributed by atoms with Gasteiger partial charge in [0.05, 0.1) is 18.3 Å². The molecule has 0 N–H and O–H groups in total. The SMILES string of the molecule is COC1/C=C/C(OC(=O)OI)CC2OCOC2C1. The van der Waals surface area contributed by atoms with E-state index in [0.717, 1.165) is 6.42 Å². The molecule has 4 atom stereocenters. The highest BCUT2D eigenvalue weighted by molar-refractivity contribution is 14.1. The Kier molecular flexibility index (Phi) is 5.22. The van der Waals surface area contributed by atoms with E-state index < -0.39 is 6.16 Å². The van der Waals surface area contributed by atoms with Crippen LogP contribution in [0.4, 0.5) is 4.79 Å². The number of carbonyl (C=O) groups is 1. The van der Waals surface area contributed by atoms with E-state index in [0.29, 0.717) is 6.42 Å². The molecule has 1 fully saturated rings. The minimum Gasteiger partial charge on any atom is -0.426 e. The van der Waals surface area contributed by atoms with Crippen molar-refractivity contribution in [3.63, 3.8) is 0 Å². The first-order valence-electron chi connectivity index (χ1n) is 5.66. The summed E-state index contributed by atoms with van der Waals surface area (Å²) >= 11 is 1.49. The Balaban J connectivity index is 2.05. The Labute approximate surface area is 119 Å². The predicted octanol–water partition coefficient (Wildman–Crippen LogP) is 1.96. The number of hydrogen-bond acceptors (Lipinski definition) is 6. The van der Waals surface area contributed by atoms with Gasteiger partial charge in [-0.1, -0.05) is 6.08 Å². The average Bonchev–Trinajstić information content (AvgIpc) is 2.77. The lowest BCUT2D eigenvalue weighted by atomic mass is 9.97. The summed E-state index contributed by atoms with van der Waals surface area (Å²) in [6, 6.07) is 0. The van der Waals surface area contributed by atoms with E-state index in [2.05, 4.69) is 3.07 Å². The van der Waals surface area contributed by atoms with E-state index in [-0.39, 0.29) is 31.2 Å². The second-order valence-corrected chi connectivity index (χ2v) is 4.58. The van der Waals surface area contributed by atoms with Crippen molar-refractivity contribution in [2.45, 2.75) is 37.3 Å². The standard InChI is InChI=1S/C11H15IO6/c1-14-7-2-3-8(17-11(13)18-12)5-10-9(4-7)15-6-16-10/h2-3,7-10H,4-6H2,1H3/b3-2+. The second kappa shape index (κ2) is 6.69. The van der Waals surface area contributed by atoms with Crippen LogP contribution in [0.1, 0.15) is 12.8 Å². The Bertz CT molecular complexity index is 321. The summed E-state index contributed by atoms with van der Waals surface area (Å²) in [5, 5.41) is 0. The zero-order chi connectivity index (χ0) is 13.0. The topological polar surface area (TPSA) is 63.2 Å². The normalized spacial score (nSPS) is 37.2. The first kappa shape index (κ1) is 14.0. The zero-order valence-corrected chi connectivity index (χ0v) is 12.1. The van der Waals surface area contributed by atoms with Crippen LogP contribution in [0.15, 0.2) is 12.2 Å². The van der Waals surface area contributed by atoms with Crippen molar-refractivity contribution >= 4 is 29.2 Å². The van der Waals surface area contributed by atoms with Crippen molar-refractivity contribution in [2.24, 2.45) is 0 Å². The molecule has 0 aromatic rings. The molecule has 0 amide bonds. The van der Waals surface area contributed by atoms with Crippen LogP contribution < -0.4 is 0 Å². The van der Waals surface area contributed by atoms with Gasteiger partial charge in [0.2, 0.25) is 0 Å². The minimum atomic E-state index is -0.713. The van der Waals surface area contributed by atoms with E-state index in [1.807, 2.05) is 6.08 Å². The largest absolute Gasteiger partial charge is 0.518 e. The van der Waals surface area contributed by atoms with Crippen molar-refractivity contribution in [1.29, 1.82) is 0 Å². The maximum atomic E-state index is 11.1. The highest BCUT2D eigenvalue weighted by Crippen LogP contribution is 2.26. The van der Waals surface area contributed by atoms with Gasteiger partial charge in [0.25, 0.3) is 0 Å². The van der Waals surface area contributed by atoms with E-state index >= 15 is 0 Å².